The summed E-state index contributed by atoms with van der Waals surface area (Å²) in [7, 11) is -0.448. The smallest absolute Gasteiger partial charge is 0.399 e. The van der Waals surface area contributed by atoms with Crippen LogP contribution >= 0.6 is 12.6 Å². The summed E-state index contributed by atoms with van der Waals surface area (Å²) < 4.78 is 12.4. The Bertz CT molecular complexity index is 681. The molecule has 1 aromatic carbocycles. The van der Waals surface area contributed by atoms with Crippen LogP contribution in [-0.2, 0) is 15.9 Å². The van der Waals surface area contributed by atoms with Gasteiger partial charge in [-0.05, 0) is 81.7 Å². The molecular weight excluding hydrogens is 309 g/mol. The van der Waals surface area contributed by atoms with E-state index >= 15 is 0 Å². The van der Waals surface area contributed by atoms with Gasteiger partial charge in [0, 0.05) is 9.81 Å². The lowest BCUT2D eigenvalue weighted by Gasteiger charge is -2.32. The lowest BCUT2D eigenvalue weighted by atomic mass is 9.71. The highest BCUT2D eigenvalue weighted by molar-refractivity contribution is 7.80. The normalized spacial score (nSPS) is 18.9. The van der Waals surface area contributed by atoms with E-state index in [0.29, 0.717) is 6.54 Å². The summed E-state index contributed by atoms with van der Waals surface area (Å²) in [4.78, 5) is 3.77. The van der Waals surface area contributed by atoms with Gasteiger partial charge in [0.25, 0.3) is 0 Å². The molecule has 1 heterocycles. The van der Waals surface area contributed by atoms with Crippen LogP contribution in [-0.4, -0.2) is 18.3 Å². The van der Waals surface area contributed by atoms with Crippen molar-refractivity contribution in [1.29, 1.82) is 0 Å². The second-order valence-electron chi connectivity index (χ2n) is 7.09. The molecule has 1 fully saturated rings. The van der Waals surface area contributed by atoms with Crippen molar-refractivity contribution >= 4 is 25.2 Å². The topological polar surface area (TPSA) is 67.2 Å². The molecule has 0 bridgehead atoms. The highest BCUT2D eigenvalue weighted by Crippen LogP contribution is 2.38. The first-order valence-corrected chi connectivity index (χ1v) is 8.16. The van der Waals surface area contributed by atoms with Crippen LogP contribution in [0.2, 0.25) is 0 Å². The molecule has 0 amide bonds. The van der Waals surface area contributed by atoms with E-state index in [-0.39, 0.29) is 0 Å². The predicted molar refractivity (Wildman–Crippen MR) is 96.5 cm³/mol. The standard InChI is InChI=1S/C16H24BN3O2S/c1-9-12(8-19-20-18)10(2)14(23)11(3)13(9)17-21-15(4,5)16(6,7)22-17/h23H,8H2,1-7H3. The SMILES string of the molecule is Cc1c(S)c(C)c(B2OC(C)(C)C(C)(C)O2)c(C)c1CN=[N+]=[N-]. The van der Waals surface area contributed by atoms with Crippen LogP contribution in [0.4, 0.5) is 0 Å². The Labute approximate surface area is 143 Å². The third kappa shape index (κ3) is 2.99. The summed E-state index contributed by atoms with van der Waals surface area (Å²) in [6, 6.07) is 0. The summed E-state index contributed by atoms with van der Waals surface area (Å²) in [6.07, 6.45) is 0. The van der Waals surface area contributed by atoms with Crippen LogP contribution in [0, 0.1) is 20.8 Å². The minimum absolute atomic E-state index is 0.300. The molecule has 7 heteroatoms. The van der Waals surface area contributed by atoms with Crippen molar-refractivity contribution < 1.29 is 9.31 Å². The Morgan fingerprint density at radius 1 is 1.04 bits per heavy atom. The summed E-state index contributed by atoms with van der Waals surface area (Å²) >= 11 is 4.65. The molecule has 0 saturated carbocycles. The highest BCUT2D eigenvalue weighted by Gasteiger charge is 2.52. The summed E-state index contributed by atoms with van der Waals surface area (Å²) in [6.45, 7) is 14.5. The minimum atomic E-state index is -0.448. The molecule has 0 spiro atoms. The zero-order chi connectivity index (χ0) is 17.6. The van der Waals surface area contributed by atoms with Crippen molar-refractivity contribution in [2.24, 2.45) is 5.11 Å². The molecule has 0 atom stereocenters. The van der Waals surface area contributed by atoms with Gasteiger partial charge in [0.1, 0.15) is 0 Å². The fourth-order valence-electron chi connectivity index (χ4n) is 2.93. The van der Waals surface area contributed by atoms with Gasteiger partial charge in [-0.25, -0.2) is 0 Å². The Balaban J connectivity index is 2.60. The largest absolute Gasteiger partial charge is 0.495 e. The van der Waals surface area contributed by atoms with E-state index in [4.69, 9.17) is 14.8 Å². The third-order valence-corrected chi connectivity index (χ3v) is 5.88. The van der Waals surface area contributed by atoms with Gasteiger partial charge >= 0.3 is 7.12 Å². The van der Waals surface area contributed by atoms with Gasteiger partial charge in [-0.3, -0.25) is 0 Å². The van der Waals surface area contributed by atoms with E-state index < -0.39 is 18.3 Å². The molecule has 1 aliphatic heterocycles. The number of nitrogens with zero attached hydrogens (tertiary/aromatic N) is 3. The summed E-state index contributed by atoms with van der Waals surface area (Å²) in [5.41, 5.74) is 12.9. The molecule has 1 aliphatic rings. The molecule has 0 aliphatic carbocycles. The lowest BCUT2D eigenvalue weighted by molar-refractivity contribution is 0.00578. The number of thiol groups is 1. The first-order chi connectivity index (χ1) is 10.5. The van der Waals surface area contributed by atoms with Gasteiger partial charge < -0.3 is 9.31 Å². The van der Waals surface area contributed by atoms with E-state index in [1.54, 1.807) is 0 Å². The highest BCUT2D eigenvalue weighted by atomic mass is 32.1. The molecule has 1 saturated heterocycles. The zero-order valence-electron chi connectivity index (χ0n) is 14.9. The Kier molecular flexibility index (Phi) is 4.80. The van der Waals surface area contributed by atoms with E-state index in [2.05, 4.69) is 22.7 Å². The number of hydrogen-bond acceptors (Lipinski definition) is 4. The fraction of sp³-hybridized carbons (Fsp3) is 0.625. The van der Waals surface area contributed by atoms with Crippen molar-refractivity contribution in [2.45, 2.75) is 71.1 Å². The van der Waals surface area contributed by atoms with Gasteiger partial charge in [-0.2, -0.15) is 0 Å². The Hall–Kier alpha value is -1.14. The molecule has 0 radical (unpaired) electrons. The number of azide groups is 1. The van der Waals surface area contributed by atoms with Crippen molar-refractivity contribution in [3.63, 3.8) is 0 Å². The minimum Gasteiger partial charge on any atom is -0.399 e. The third-order valence-electron chi connectivity index (χ3n) is 5.20. The maximum Gasteiger partial charge on any atom is 0.495 e. The van der Waals surface area contributed by atoms with Crippen molar-refractivity contribution in [2.75, 3.05) is 0 Å². The number of benzene rings is 1. The lowest BCUT2D eigenvalue weighted by Crippen LogP contribution is -2.41. The van der Waals surface area contributed by atoms with E-state index in [1.807, 2.05) is 48.5 Å². The van der Waals surface area contributed by atoms with Gasteiger partial charge in [0.2, 0.25) is 0 Å². The molecular formula is C16H24BN3O2S. The van der Waals surface area contributed by atoms with Crippen LogP contribution in [0.15, 0.2) is 10.0 Å². The van der Waals surface area contributed by atoms with E-state index in [0.717, 1.165) is 32.6 Å². The quantitative estimate of drug-likeness (QED) is 0.299. The van der Waals surface area contributed by atoms with Crippen molar-refractivity contribution in [1.82, 2.24) is 0 Å². The summed E-state index contributed by atoms with van der Waals surface area (Å²) in [5.74, 6) is 0. The number of rotatable bonds is 3. The van der Waals surface area contributed by atoms with E-state index in [1.165, 1.54) is 0 Å². The van der Waals surface area contributed by atoms with Gasteiger partial charge in [0.15, 0.2) is 0 Å². The molecule has 23 heavy (non-hydrogen) atoms. The average Bonchev–Trinajstić information content (AvgIpc) is 2.65. The molecule has 2 rings (SSSR count). The Morgan fingerprint density at radius 2 is 1.57 bits per heavy atom. The molecule has 1 aromatic rings. The first-order valence-electron chi connectivity index (χ1n) is 7.71. The summed E-state index contributed by atoms with van der Waals surface area (Å²) in [5, 5.41) is 3.72. The second kappa shape index (κ2) is 6.06. The van der Waals surface area contributed by atoms with Crippen LogP contribution in [0.25, 0.3) is 10.4 Å². The average molecular weight is 333 g/mol. The van der Waals surface area contributed by atoms with E-state index in [9.17, 15) is 0 Å². The van der Waals surface area contributed by atoms with Crippen molar-refractivity contribution in [3.05, 3.63) is 32.7 Å². The Morgan fingerprint density at radius 3 is 2.04 bits per heavy atom. The molecule has 0 aromatic heterocycles. The molecule has 124 valence electrons. The van der Waals surface area contributed by atoms with Crippen LogP contribution in [0.5, 0.6) is 0 Å². The first kappa shape index (κ1) is 18.2. The second-order valence-corrected chi connectivity index (χ2v) is 7.54. The van der Waals surface area contributed by atoms with Gasteiger partial charge in [-0.1, -0.05) is 5.11 Å². The zero-order valence-corrected chi connectivity index (χ0v) is 15.8. The predicted octanol–water partition coefficient (Wildman–Crippen LogP) is 4.01. The van der Waals surface area contributed by atoms with Crippen LogP contribution < -0.4 is 5.46 Å². The van der Waals surface area contributed by atoms with Crippen molar-refractivity contribution in [3.8, 4) is 0 Å². The van der Waals surface area contributed by atoms with Crippen LogP contribution in [0.1, 0.15) is 49.9 Å². The maximum atomic E-state index is 8.64. The fourth-order valence-corrected chi connectivity index (χ4v) is 3.19. The van der Waals surface area contributed by atoms with Gasteiger partial charge in [0.05, 0.1) is 17.7 Å². The molecule has 0 N–H and O–H groups in total. The van der Waals surface area contributed by atoms with Crippen LogP contribution in [0.3, 0.4) is 0 Å². The molecule has 0 unspecified atom stereocenters. The van der Waals surface area contributed by atoms with Gasteiger partial charge in [-0.15, -0.1) is 12.6 Å². The molecule has 5 nitrogen and oxygen atoms in total. The maximum absolute atomic E-state index is 8.64. The monoisotopic (exact) mass is 333 g/mol. The number of hydrogen-bond donors (Lipinski definition) is 1.